The third-order valence-electron chi connectivity index (χ3n) is 2.60. The van der Waals surface area contributed by atoms with Gasteiger partial charge in [-0.25, -0.2) is 4.79 Å². The molecule has 0 aliphatic carbocycles. The Balaban J connectivity index is 2.81. The molecular formula is C13H11NO4. The van der Waals surface area contributed by atoms with Gasteiger partial charge >= 0.3 is 5.97 Å². The number of rotatable bonds is 2. The Bertz CT molecular complexity index is 659. The molecule has 0 atom stereocenters. The third-order valence-corrected chi connectivity index (χ3v) is 2.60. The quantitative estimate of drug-likeness (QED) is 0.841. The Labute approximate surface area is 103 Å². The number of aromatic hydroxyl groups is 1. The van der Waals surface area contributed by atoms with E-state index in [-0.39, 0.29) is 0 Å². The third kappa shape index (κ3) is 1.86. The molecule has 0 aliphatic rings. The summed E-state index contributed by atoms with van der Waals surface area (Å²) in [7, 11) is 0. The number of nitrogens with zero attached hydrogens (tertiary/aromatic N) is 1. The molecule has 1 heterocycles. The van der Waals surface area contributed by atoms with Gasteiger partial charge in [0.15, 0.2) is 5.56 Å². The van der Waals surface area contributed by atoms with Gasteiger partial charge in [-0.05, 0) is 19.1 Å². The Morgan fingerprint density at radius 1 is 1.22 bits per heavy atom. The van der Waals surface area contributed by atoms with Crippen molar-refractivity contribution in [2.45, 2.75) is 6.92 Å². The maximum atomic E-state index is 12.1. The number of hydrogen-bond acceptors (Lipinski definition) is 3. The Morgan fingerprint density at radius 2 is 1.83 bits per heavy atom. The van der Waals surface area contributed by atoms with Crippen LogP contribution in [0.25, 0.3) is 5.69 Å². The van der Waals surface area contributed by atoms with Crippen molar-refractivity contribution < 1.29 is 15.0 Å². The molecule has 0 radical (unpaired) electrons. The van der Waals surface area contributed by atoms with Crippen molar-refractivity contribution in [3.63, 3.8) is 0 Å². The summed E-state index contributed by atoms with van der Waals surface area (Å²) in [5.41, 5.74) is -0.341. The Kier molecular flexibility index (Phi) is 2.89. The van der Waals surface area contributed by atoms with E-state index >= 15 is 0 Å². The fourth-order valence-corrected chi connectivity index (χ4v) is 1.82. The van der Waals surface area contributed by atoms with Gasteiger partial charge in [0.1, 0.15) is 5.75 Å². The zero-order valence-corrected chi connectivity index (χ0v) is 9.62. The molecule has 92 valence electrons. The molecule has 0 fully saturated rings. The first kappa shape index (κ1) is 11.9. The van der Waals surface area contributed by atoms with Gasteiger partial charge in [-0.1, -0.05) is 18.2 Å². The van der Waals surface area contributed by atoms with Crippen LogP contribution >= 0.6 is 0 Å². The number of aromatic carboxylic acids is 1. The molecule has 2 N–H and O–H groups in total. The number of pyridine rings is 1. The SMILES string of the molecule is Cc1cc(O)c(C(=O)O)c(=O)n1-c1ccccc1. The molecule has 0 amide bonds. The molecule has 5 nitrogen and oxygen atoms in total. The number of hydrogen-bond donors (Lipinski definition) is 2. The van der Waals surface area contributed by atoms with E-state index < -0.39 is 22.8 Å². The molecule has 1 aromatic heterocycles. The number of aromatic nitrogens is 1. The van der Waals surface area contributed by atoms with Crippen molar-refractivity contribution in [1.29, 1.82) is 0 Å². The molecule has 0 aliphatic heterocycles. The number of carboxylic acids is 1. The standard InChI is InChI=1S/C13H11NO4/c1-8-7-10(15)11(13(17)18)12(16)14(8)9-5-3-2-4-6-9/h2-7,15H,1H3,(H,17,18). The summed E-state index contributed by atoms with van der Waals surface area (Å²) in [5.74, 6) is -1.96. The second kappa shape index (κ2) is 4.37. The minimum atomic E-state index is -1.44. The first-order valence-electron chi connectivity index (χ1n) is 5.26. The first-order chi connectivity index (χ1) is 8.52. The summed E-state index contributed by atoms with van der Waals surface area (Å²) in [6.07, 6.45) is 0. The van der Waals surface area contributed by atoms with Crippen molar-refractivity contribution in [3.8, 4) is 11.4 Å². The van der Waals surface area contributed by atoms with Crippen molar-refractivity contribution in [3.05, 3.63) is 58.0 Å². The molecular weight excluding hydrogens is 234 g/mol. The molecule has 0 saturated carbocycles. The highest BCUT2D eigenvalue weighted by Gasteiger charge is 2.19. The molecule has 2 aromatic rings. The van der Waals surface area contributed by atoms with Gasteiger partial charge in [0.25, 0.3) is 5.56 Å². The molecule has 2 rings (SSSR count). The van der Waals surface area contributed by atoms with Crippen LogP contribution in [0, 0.1) is 6.92 Å². The lowest BCUT2D eigenvalue weighted by molar-refractivity contribution is 0.0691. The van der Waals surface area contributed by atoms with Gasteiger partial charge in [0.2, 0.25) is 0 Å². The molecule has 0 spiro atoms. The molecule has 0 saturated heterocycles. The lowest BCUT2D eigenvalue weighted by atomic mass is 10.2. The summed E-state index contributed by atoms with van der Waals surface area (Å²) in [6.45, 7) is 1.62. The minimum Gasteiger partial charge on any atom is -0.507 e. The molecule has 5 heteroatoms. The fourth-order valence-electron chi connectivity index (χ4n) is 1.82. The van der Waals surface area contributed by atoms with Crippen LogP contribution in [-0.4, -0.2) is 20.7 Å². The predicted octanol–water partition coefficient (Wildman–Crippen LogP) is 1.55. The molecule has 18 heavy (non-hydrogen) atoms. The molecule has 0 unspecified atom stereocenters. The maximum absolute atomic E-state index is 12.1. The van der Waals surface area contributed by atoms with Crippen LogP contribution in [0.4, 0.5) is 0 Å². The summed E-state index contributed by atoms with van der Waals surface area (Å²) in [6, 6.07) is 9.93. The van der Waals surface area contributed by atoms with Gasteiger partial charge in [-0.15, -0.1) is 0 Å². The van der Waals surface area contributed by atoms with Crippen molar-refractivity contribution in [1.82, 2.24) is 4.57 Å². The van der Waals surface area contributed by atoms with Crippen LogP contribution in [0.5, 0.6) is 5.75 Å². The maximum Gasteiger partial charge on any atom is 0.345 e. The number of aryl methyl sites for hydroxylation is 1. The number of para-hydroxylation sites is 1. The zero-order valence-electron chi connectivity index (χ0n) is 9.62. The topological polar surface area (TPSA) is 79.5 Å². The summed E-state index contributed by atoms with van der Waals surface area (Å²) in [4.78, 5) is 23.0. The van der Waals surface area contributed by atoms with Crippen LogP contribution in [0.15, 0.2) is 41.2 Å². The Hall–Kier alpha value is -2.56. The zero-order chi connectivity index (χ0) is 13.3. The minimum absolute atomic E-state index is 0.466. The highest BCUT2D eigenvalue weighted by molar-refractivity contribution is 5.90. The van der Waals surface area contributed by atoms with Gasteiger partial charge in [-0.2, -0.15) is 0 Å². The predicted molar refractivity (Wildman–Crippen MR) is 65.4 cm³/mol. The summed E-state index contributed by atoms with van der Waals surface area (Å²) in [5, 5.41) is 18.5. The van der Waals surface area contributed by atoms with E-state index in [1.165, 1.54) is 10.6 Å². The number of benzene rings is 1. The second-order valence-corrected chi connectivity index (χ2v) is 3.83. The van der Waals surface area contributed by atoms with E-state index in [1.54, 1.807) is 37.3 Å². The van der Waals surface area contributed by atoms with E-state index in [2.05, 4.69) is 0 Å². The van der Waals surface area contributed by atoms with Crippen LogP contribution in [0.3, 0.4) is 0 Å². The van der Waals surface area contributed by atoms with Crippen LogP contribution in [0.1, 0.15) is 16.1 Å². The molecule has 0 bridgehead atoms. The molecule has 1 aromatic carbocycles. The van der Waals surface area contributed by atoms with Crippen LogP contribution in [-0.2, 0) is 0 Å². The van der Waals surface area contributed by atoms with Gasteiger partial charge in [-0.3, -0.25) is 9.36 Å². The monoisotopic (exact) mass is 245 g/mol. The average molecular weight is 245 g/mol. The summed E-state index contributed by atoms with van der Waals surface area (Å²) < 4.78 is 1.25. The smallest absolute Gasteiger partial charge is 0.345 e. The highest BCUT2D eigenvalue weighted by atomic mass is 16.4. The highest BCUT2D eigenvalue weighted by Crippen LogP contribution is 2.17. The van der Waals surface area contributed by atoms with Crippen LogP contribution in [0.2, 0.25) is 0 Å². The van der Waals surface area contributed by atoms with Crippen molar-refractivity contribution in [2.24, 2.45) is 0 Å². The van der Waals surface area contributed by atoms with Gasteiger partial charge < -0.3 is 10.2 Å². The van der Waals surface area contributed by atoms with E-state index in [0.29, 0.717) is 11.4 Å². The van der Waals surface area contributed by atoms with E-state index in [1.807, 2.05) is 0 Å². The normalized spacial score (nSPS) is 10.3. The first-order valence-corrected chi connectivity index (χ1v) is 5.26. The number of carbonyl (C=O) groups is 1. The van der Waals surface area contributed by atoms with E-state index in [4.69, 9.17) is 5.11 Å². The second-order valence-electron chi connectivity index (χ2n) is 3.83. The summed E-state index contributed by atoms with van der Waals surface area (Å²) >= 11 is 0. The average Bonchev–Trinajstić information content (AvgIpc) is 2.28. The van der Waals surface area contributed by atoms with E-state index in [0.717, 1.165) is 0 Å². The lowest BCUT2D eigenvalue weighted by Crippen LogP contribution is -2.26. The van der Waals surface area contributed by atoms with Crippen molar-refractivity contribution >= 4 is 5.97 Å². The van der Waals surface area contributed by atoms with Crippen molar-refractivity contribution in [2.75, 3.05) is 0 Å². The Morgan fingerprint density at radius 3 is 2.39 bits per heavy atom. The van der Waals surface area contributed by atoms with E-state index in [9.17, 15) is 14.7 Å². The lowest BCUT2D eigenvalue weighted by Gasteiger charge is -2.11. The number of carboxylic acid groups (broad SMARTS) is 1. The fraction of sp³-hybridized carbons (Fsp3) is 0.0769. The van der Waals surface area contributed by atoms with Gasteiger partial charge in [0, 0.05) is 17.4 Å². The van der Waals surface area contributed by atoms with Crippen LogP contribution < -0.4 is 5.56 Å². The van der Waals surface area contributed by atoms with Gasteiger partial charge in [0.05, 0.1) is 0 Å². The largest absolute Gasteiger partial charge is 0.507 e.